The minimum Gasteiger partial charge on any atom is -0.461 e. The maximum atomic E-state index is 12.4. The molecule has 130 valence electrons. The number of hydrogen-bond acceptors (Lipinski definition) is 4. The fourth-order valence-corrected chi connectivity index (χ4v) is 2.45. The summed E-state index contributed by atoms with van der Waals surface area (Å²) in [6, 6.07) is 16.9. The molecular formula is C21H23NO3. The Morgan fingerprint density at radius 3 is 2.20 bits per heavy atom. The van der Waals surface area contributed by atoms with Crippen LogP contribution in [-0.4, -0.2) is 43.4 Å². The summed E-state index contributed by atoms with van der Waals surface area (Å²) in [7, 11) is 3.89. The third-order valence-corrected chi connectivity index (χ3v) is 4.04. The molecule has 4 heteroatoms. The fourth-order valence-electron chi connectivity index (χ4n) is 2.45. The Morgan fingerprint density at radius 2 is 1.64 bits per heavy atom. The lowest BCUT2D eigenvalue weighted by Gasteiger charge is -2.23. The summed E-state index contributed by atoms with van der Waals surface area (Å²) in [5.41, 5.74) is 2.42. The van der Waals surface area contributed by atoms with E-state index in [0.29, 0.717) is 17.7 Å². The normalized spacial score (nSPS) is 11.8. The fraction of sp³-hybridized carbons (Fsp3) is 0.238. The van der Waals surface area contributed by atoms with Gasteiger partial charge in [0.2, 0.25) is 0 Å². The highest BCUT2D eigenvalue weighted by Crippen LogP contribution is 2.13. The Labute approximate surface area is 148 Å². The second-order valence-electron chi connectivity index (χ2n) is 6.05. The number of likely N-dealkylation sites (N-methyl/N-ethyl adjacent to an activating group) is 1. The van der Waals surface area contributed by atoms with Gasteiger partial charge < -0.3 is 9.64 Å². The van der Waals surface area contributed by atoms with Gasteiger partial charge in [0, 0.05) is 23.2 Å². The van der Waals surface area contributed by atoms with Crippen LogP contribution in [0.25, 0.3) is 0 Å². The number of ketones is 1. The van der Waals surface area contributed by atoms with Crippen LogP contribution in [0.3, 0.4) is 0 Å². The van der Waals surface area contributed by atoms with E-state index < -0.39 is 5.97 Å². The molecule has 0 saturated carbocycles. The van der Waals surface area contributed by atoms with Crippen LogP contribution in [0.15, 0.2) is 67.3 Å². The SMILES string of the molecule is C=CC(=O)OCC(Cc1ccc(C(=O)c2ccccc2)cc1)N(C)C. The van der Waals surface area contributed by atoms with E-state index in [4.69, 9.17) is 4.74 Å². The first-order valence-electron chi connectivity index (χ1n) is 8.15. The molecule has 0 N–H and O–H groups in total. The molecule has 0 heterocycles. The zero-order valence-electron chi connectivity index (χ0n) is 14.6. The van der Waals surface area contributed by atoms with Crippen molar-refractivity contribution in [1.82, 2.24) is 4.90 Å². The molecule has 0 aliphatic carbocycles. The maximum Gasteiger partial charge on any atom is 0.330 e. The Morgan fingerprint density at radius 1 is 1.04 bits per heavy atom. The van der Waals surface area contributed by atoms with Gasteiger partial charge in [-0.05, 0) is 26.1 Å². The number of hydrogen-bond donors (Lipinski definition) is 0. The van der Waals surface area contributed by atoms with Gasteiger partial charge in [0.05, 0.1) is 0 Å². The highest BCUT2D eigenvalue weighted by molar-refractivity contribution is 6.08. The van der Waals surface area contributed by atoms with Crippen molar-refractivity contribution in [2.24, 2.45) is 0 Å². The molecule has 0 spiro atoms. The quantitative estimate of drug-likeness (QED) is 0.422. The van der Waals surface area contributed by atoms with E-state index in [1.165, 1.54) is 0 Å². The van der Waals surface area contributed by atoms with E-state index in [-0.39, 0.29) is 11.8 Å². The van der Waals surface area contributed by atoms with Crippen LogP contribution in [0.4, 0.5) is 0 Å². The number of rotatable bonds is 8. The predicted molar refractivity (Wildman–Crippen MR) is 98.7 cm³/mol. The summed E-state index contributed by atoms with van der Waals surface area (Å²) in [4.78, 5) is 25.7. The number of carbonyl (C=O) groups excluding carboxylic acids is 2. The van der Waals surface area contributed by atoms with Crippen LogP contribution in [0, 0.1) is 0 Å². The third kappa shape index (κ3) is 5.40. The largest absolute Gasteiger partial charge is 0.461 e. The van der Waals surface area contributed by atoms with E-state index in [1.807, 2.05) is 73.6 Å². The summed E-state index contributed by atoms with van der Waals surface area (Å²) >= 11 is 0. The van der Waals surface area contributed by atoms with Crippen molar-refractivity contribution in [3.8, 4) is 0 Å². The number of esters is 1. The zero-order chi connectivity index (χ0) is 18.2. The van der Waals surface area contributed by atoms with Crippen molar-refractivity contribution in [1.29, 1.82) is 0 Å². The summed E-state index contributed by atoms with van der Waals surface area (Å²) in [6.07, 6.45) is 1.88. The number of carbonyl (C=O) groups is 2. The molecule has 0 fully saturated rings. The number of ether oxygens (including phenoxy) is 1. The molecule has 2 aromatic carbocycles. The lowest BCUT2D eigenvalue weighted by molar-refractivity contribution is -0.139. The van der Waals surface area contributed by atoms with Gasteiger partial charge in [-0.3, -0.25) is 4.79 Å². The minimum atomic E-state index is -0.421. The standard InChI is InChI=1S/C21H23NO3/c1-4-20(23)25-15-19(22(2)3)14-16-10-12-18(13-11-16)21(24)17-8-6-5-7-9-17/h4-13,19H,1,14-15H2,2-3H3. The molecular weight excluding hydrogens is 314 g/mol. The van der Waals surface area contributed by atoms with Gasteiger partial charge in [0.1, 0.15) is 6.61 Å². The second-order valence-corrected chi connectivity index (χ2v) is 6.05. The molecule has 1 unspecified atom stereocenters. The van der Waals surface area contributed by atoms with E-state index in [1.54, 1.807) is 0 Å². The molecule has 25 heavy (non-hydrogen) atoms. The topological polar surface area (TPSA) is 46.6 Å². The van der Waals surface area contributed by atoms with Gasteiger partial charge in [-0.1, -0.05) is 61.2 Å². The predicted octanol–water partition coefficient (Wildman–Crippen LogP) is 3.12. The molecule has 4 nitrogen and oxygen atoms in total. The van der Waals surface area contributed by atoms with E-state index in [0.717, 1.165) is 18.1 Å². The van der Waals surface area contributed by atoms with Crippen molar-refractivity contribution in [3.63, 3.8) is 0 Å². The van der Waals surface area contributed by atoms with Crippen LogP contribution in [0.2, 0.25) is 0 Å². The van der Waals surface area contributed by atoms with Gasteiger partial charge >= 0.3 is 5.97 Å². The van der Waals surface area contributed by atoms with Crippen LogP contribution < -0.4 is 0 Å². The smallest absolute Gasteiger partial charge is 0.330 e. The van der Waals surface area contributed by atoms with Crippen molar-refractivity contribution < 1.29 is 14.3 Å². The number of benzene rings is 2. The molecule has 0 aromatic heterocycles. The summed E-state index contributed by atoms with van der Waals surface area (Å²) in [6.45, 7) is 3.69. The summed E-state index contributed by atoms with van der Waals surface area (Å²) in [5, 5.41) is 0. The molecule has 0 amide bonds. The van der Waals surface area contributed by atoms with Crippen LogP contribution in [0.5, 0.6) is 0 Å². The second kappa shape index (κ2) is 8.94. The lowest BCUT2D eigenvalue weighted by atomic mass is 9.99. The highest BCUT2D eigenvalue weighted by Gasteiger charge is 2.15. The lowest BCUT2D eigenvalue weighted by Crippen LogP contribution is -2.35. The molecule has 0 saturated heterocycles. The molecule has 2 rings (SSSR count). The molecule has 0 aliphatic rings. The average molecular weight is 337 g/mol. The minimum absolute atomic E-state index is 0.0104. The van der Waals surface area contributed by atoms with E-state index in [2.05, 4.69) is 6.58 Å². The Kier molecular flexibility index (Phi) is 6.66. The Bertz CT molecular complexity index is 721. The third-order valence-electron chi connectivity index (χ3n) is 4.04. The van der Waals surface area contributed by atoms with Crippen molar-refractivity contribution in [2.45, 2.75) is 12.5 Å². The first-order valence-corrected chi connectivity index (χ1v) is 8.15. The summed E-state index contributed by atoms with van der Waals surface area (Å²) in [5.74, 6) is -0.410. The maximum absolute atomic E-state index is 12.4. The molecule has 0 radical (unpaired) electrons. The van der Waals surface area contributed by atoms with Crippen molar-refractivity contribution in [2.75, 3.05) is 20.7 Å². The molecule has 0 bridgehead atoms. The van der Waals surface area contributed by atoms with Crippen LogP contribution in [0.1, 0.15) is 21.5 Å². The van der Waals surface area contributed by atoms with Gasteiger partial charge in [0.15, 0.2) is 5.78 Å². The van der Waals surface area contributed by atoms with Crippen molar-refractivity contribution in [3.05, 3.63) is 83.9 Å². The monoisotopic (exact) mass is 337 g/mol. The molecule has 0 aliphatic heterocycles. The summed E-state index contributed by atoms with van der Waals surface area (Å²) < 4.78 is 5.15. The molecule has 2 aromatic rings. The van der Waals surface area contributed by atoms with Gasteiger partial charge in [-0.2, -0.15) is 0 Å². The van der Waals surface area contributed by atoms with E-state index in [9.17, 15) is 9.59 Å². The highest BCUT2D eigenvalue weighted by atomic mass is 16.5. The van der Waals surface area contributed by atoms with Crippen LogP contribution in [-0.2, 0) is 16.0 Å². The van der Waals surface area contributed by atoms with Crippen molar-refractivity contribution >= 4 is 11.8 Å². The average Bonchev–Trinajstić information content (AvgIpc) is 2.65. The van der Waals surface area contributed by atoms with Gasteiger partial charge in [-0.15, -0.1) is 0 Å². The Hall–Kier alpha value is -2.72. The molecule has 1 atom stereocenters. The van der Waals surface area contributed by atoms with Gasteiger partial charge in [0.25, 0.3) is 0 Å². The number of nitrogens with zero attached hydrogens (tertiary/aromatic N) is 1. The first-order chi connectivity index (χ1) is 12.0. The zero-order valence-corrected chi connectivity index (χ0v) is 14.6. The van der Waals surface area contributed by atoms with Crippen LogP contribution >= 0.6 is 0 Å². The van der Waals surface area contributed by atoms with E-state index >= 15 is 0 Å². The first kappa shape index (κ1) is 18.6. The Balaban J connectivity index is 2.04. The van der Waals surface area contributed by atoms with Gasteiger partial charge in [-0.25, -0.2) is 4.79 Å².